The summed E-state index contributed by atoms with van der Waals surface area (Å²) in [6, 6.07) is 22.2. The molecule has 4 nitrogen and oxygen atoms in total. The molecule has 0 aliphatic rings. The molecule has 29 heavy (non-hydrogen) atoms. The first-order chi connectivity index (χ1) is 14.0. The van der Waals surface area contributed by atoms with E-state index in [0.717, 1.165) is 22.8 Å². The summed E-state index contributed by atoms with van der Waals surface area (Å²) in [7, 11) is 0. The summed E-state index contributed by atoms with van der Waals surface area (Å²) in [5.74, 6) is 0. The van der Waals surface area contributed by atoms with Crippen LogP contribution in [-0.2, 0) is 6.54 Å². The summed E-state index contributed by atoms with van der Waals surface area (Å²) in [6.07, 6.45) is 0. The Bertz CT molecular complexity index is 1190. The fourth-order valence-corrected chi connectivity index (χ4v) is 3.88. The Morgan fingerprint density at radius 2 is 1.76 bits per heavy atom. The van der Waals surface area contributed by atoms with Crippen molar-refractivity contribution in [3.05, 3.63) is 88.7 Å². The SMILES string of the molecule is Cc1nn(Cc2cccc3ccccc23)c(C)c1NC(=S)Nc1cccc(Cl)c1. The summed E-state index contributed by atoms with van der Waals surface area (Å²) in [6.45, 7) is 4.73. The lowest BCUT2D eigenvalue weighted by Crippen LogP contribution is -2.20. The number of nitrogens with zero attached hydrogens (tertiary/aromatic N) is 2. The molecule has 3 aromatic carbocycles. The van der Waals surface area contributed by atoms with Gasteiger partial charge in [0.2, 0.25) is 0 Å². The highest BCUT2D eigenvalue weighted by atomic mass is 35.5. The van der Waals surface area contributed by atoms with Crippen LogP contribution in [-0.4, -0.2) is 14.9 Å². The van der Waals surface area contributed by atoms with Crippen LogP contribution in [0, 0.1) is 13.8 Å². The number of halogens is 1. The van der Waals surface area contributed by atoms with E-state index in [4.69, 9.17) is 28.9 Å². The molecule has 1 heterocycles. The fourth-order valence-electron chi connectivity index (χ4n) is 3.47. The van der Waals surface area contributed by atoms with Crippen molar-refractivity contribution in [2.45, 2.75) is 20.4 Å². The van der Waals surface area contributed by atoms with E-state index in [1.807, 2.05) is 35.9 Å². The topological polar surface area (TPSA) is 41.9 Å². The molecule has 0 bridgehead atoms. The predicted molar refractivity (Wildman–Crippen MR) is 126 cm³/mol. The molecule has 1 aromatic heterocycles. The van der Waals surface area contributed by atoms with Crippen LogP contribution in [0.2, 0.25) is 5.02 Å². The van der Waals surface area contributed by atoms with E-state index in [2.05, 4.69) is 60.0 Å². The van der Waals surface area contributed by atoms with Crippen molar-refractivity contribution in [1.29, 1.82) is 0 Å². The van der Waals surface area contributed by atoms with Crippen LogP contribution < -0.4 is 10.6 Å². The van der Waals surface area contributed by atoms with Gasteiger partial charge in [0, 0.05) is 10.7 Å². The minimum Gasteiger partial charge on any atom is -0.332 e. The number of nitrogens with one attached hydrogen (secondary N) is 2. The molecular formula is C23H21ClN4S. The summed E-state index contributed by atoms with van der Waals surface area (Å²) in [5, 5.41) is 14.8. The Morgan fingerprint density at radius 3 is 2.59 bits per heavy atom. The van der Waals surface area contributed by atoms with Crippen molar-refractivity contribution in [2.24, 2.45) is 0 Å². The molecule has 0 radical (unpaired) electrons. The van der Waals surface area contributed by atoms with Gasteiger partial charge in [0.05, 0.1) is 23.6 Å². The molecule has 2 N–H and O–H groups in total. The fraction of sp³-hybridized carbons (Fsp3) is 0.130. The molecule has 146 valence electrons. The van der Waals surface area contributed by atoms with Crippen LogP contribution in [0.15, 0.2) is 66.7 Å². The number of rotatable bonds is 4. The van der Waals surface area contributed by atoms with Gasteiger partial charge in [-0.25, -0.2) is 0 Å². The molecule has 6 heteroatoms. The Balaban J connectivity index is 1.55. The van der Waals surface area contributed by atoms with Gasteiger partial charge in [0.1, 0.15) is 0 Å². The van der Waals surface area contributed by atoms with Gasteiger partial charge in [-0.3, -0.25) is 4.68 Å². The van der Waals surface area contributed by atoms with Crippen molar-refractivity contribution in [1.82, 2.24) is 9.78 Å². The predicted octanol–water partition coefficient (Wildman–Crippen LogP) is 6.16. The van der Waals surface area contributed by atoms with Crippen molar-refractivity contribution in [2.75, 3.05) is 10.6 Å². The third-order valence-corrected chi connectivity index (χ3v) is 5.34. The molecule has 0 aliphatic carbocycles. The second-order valence-electron chi connectivity index (χ2n) is 6.93. The van der Waals surface area contributed by atoms with Gasteiger partial charge in [0.15, 0.2) is 5.11 Å². The minimum absolute atomic E-state index is 0.503. The van der Waals surface area contributed by atoms with Crippen molar-refractivity contribution in [3.63, 3.8) is 0 Å². The monoisotopic (exact) mass is 420 g/mol. The lowest BCUT2D eigenvalue weighted by Gasteiger charge is -2.12. The average molecular weight is 421 g/mol. The highest BCUT2D eigenvalue weighted by Gasteiger charge is 2.14. The maximum Gasteiger partial charge on any atom is 0.175 e. The number of aryl methyl sites for hydroxylation is 1. The molecule has 0 atom stereocenters. The van der Waals surface area contributed by atoms with E-state index in [1.54, 1.807) is 0 Å². The maximum absolute atomic E-state index is 6.04. The van der Waals surface area contributed by atoms with Crippen LogP contribution >= 0.6 is 23.8 Å². The number of anilines is 2. The Labute approximate surface area is 180 Å². The van der Waals surface area contributed by atoms with Gasteiger partial charge in [-0.1, -0.05) is 60.1 Å². The molecular weight excluding hydrogens is 400 g/mol. The zero-order valence-electron chi connectivity index (χ0n) is 16.2. The van der Waals surface area contributed by atoms with E-state index in [-0.39, 0.29) is 0 Å². The van der Waals surface area contributed by atoms with Crippen LogP contribution in [0.3, 0.4) is 0 Å². The number of hydrogen-bond donors (Lipinski definition) is 2. The highest BCUT2D eigenvalue weighted by Crippen LogP contribution is 2.24. The number of hydrogen-bond acceptors (Lipinski definition) is 2. The minimum atomic E-state index is 0.503. The number of aromatic nitrogens is 2. The quantitative estimate of drug-likeness (QED) is 0.388. The maximum atomic E-state index is 6.04. The lowest BCUT2D eigenvalue weighted by atomic mass is 10.0. The van der Waals surface area contributed by atoms with Crippen LogP contribution in [0.5, 0.6) is 0 Å². The summed E-state index contributed by atoms with van der Waals surface area (Å²) >= 11 is 11.5. The second-order valence-corrected chi connectivity index (χ2v) is 7.78. The number of benzene rings is 3. The molecule has 4 aromatic rings. The zero-order chi connectivity index (χ0) is 20.4. The van der Waals surface area contributed by atoms with Gasteiger partial charge >= 0.3 is 0 Å². The van der Waals surface area contributed by atoms with Crippen molar-refractivity contribution < 1.29 is 0 Å². The first-order valence-corrected chi connectivity index (χ1v) is 10.1. The Morgan fingerprint density at radius 1 is 1.00 bits per heavy atom. The van der Waals surface area contributed by atoms with Gasteiger partial charge in [-0.2, -0.15) is 5.10 Å². The Kier molecular flexibility index (Phi) is 5.51. The molecule has 0 amide bonds. The Hall–Kier alpha value is -2.89. The van der Waals surface area contributed by atoms with Gasteiger partial charge in [-0.05, 0) is 60.6 Å². The van der Waals surface area contributed by atoms with E-state index in [1.165, 1.54) is 16.3 Å². The summed E-state index contributed by atoms with van der Waals surface area (Å²) in [5.41, 5.74) is 4.93. The normalized spacial score (nSPS) is 10.9. The molecule has 4 rings (SSSR count). The number of fused-ring (bicyclic) bond motifs is 1. The van der Waals surface area contributed by atoms with Gasteiger partial charge in [-0.15, -0.1) is 0 Å². The summed E-state index contributed by atoms with van der Waals surface area (Å²) in [4.78, 5) is 0. The smallest absolute Gasteiger partial charge is 0.175 e. The van der Waals surface area contributed by atoms with Crippen LogP contribution in [0.4, 0.5) is 11.4 Å². The first-order valence-electron chi connectivity index (χ1n) is 9.35. The second kappa shape index (κ2) is 8.23. The van der Waals surface area contributed by atoms with Gasteiger partial charge in [0.25, 0.3) is 0 Å². The highest BCUT2D eigenvalue weighted by molar-refractivity contribution is 7.80. The molecule has 0 aliphatic heterocycles. The van der Waals surface area contributed by atoms with E-state index in [0.29, 0.717) is 16.7 Å². The lowest BCUT2D eigenvalue weighted by molar-refractivity contribution is 0.662. The molecule has 0 saturated carbocycles. The van der Waals surface area contributed by atoms with E-state index < -0.39 is 0 Å². The van der Waals surface area contributed by atoms with Gasteiger partial charge < -0.3 is 10.6 Å². The molecule has 0 unspecified atom stereocenters. The van der Waals surface area contributed by atoms with Crippen molar-refractivity contribution in [3.8, 4) is 0 Å². The molecule has 0 spiro atoms. The third-order valence-electron chi connectivity index (χ3n) is 4.90. The average Bonchev–Trinajstić information content (AvgIpc) is 2.96. The standard InChI is InChI=1S/C23H21ClN4S/c1-15-22(26-23(29)25-20-11-6-10-19(24)13-20)16(2)28(27-15)14-18-9-5-8-17-7-3-4-12-21(17)18/h3-13H,14H2,1-2H3,(H2,25,26,29). The van der Waals surface area contributed by atoms with Crippen LogP contribution in [0.1, 0.15) is 17.0 Å². The zero-order valence-corrected chi connectivity index (χ0v) is 17.8. The first kappa shape index (κ1) is 19.4. The number of thiocarbonyl (C=S) groups is 1. The molecule has 0 saturated heterocycles. The third kappa shape index (κ3) is 4.26. The largest absolute Gasteiger partial charge is 0.332 e. The molecule has 0 fully saturated rings. The van der Waals surface area contributed by atoms with Crippen LogP contribution in [0.25, 0.3) is 10.8 Å². The summed E-state index contributed by atoms with van der Waals surface area (Å²) < 4.78 is 2.02. The van der Waals surface area contributed by atoms with Crippen molar-refractivity contribution >= 4 is 51.1 Å². The van der Waals surface area contributed by atoms with E-state index >= 15 is 0 Å². The van der Waals surface area contributed by atoms with E-state index in [9.17, 15) is 0 Å².